The van der Waals surface area contributed by atoms with E-state index in [0.29, 0.717) is 0 Å². The summed E-state index contributed by atoms with van der Waals surface area (Å²) in [7, 11) is 0. The van der Waals surface area contributed by atoms with Crippen molar-refractivity contribution in [3.05, 3.63) is 241 Å². The average Bonchev–Trinajstić information content (AvgIpc) is 3.78. The van der Waals surface area contributed by atoms with Gasteiger partial charge in [-0.1, -0.05) is 106 Å². The van der Waals surface area contributed by atoms with Gasteiger partial charge in [0.1, 0.15) is 0 Å². The molecule has 8 heterocycles. The van der Waals surface area contributed by atoms with Gasteiger partial charge in [-0.2, -0.15) is 0 Å². The molecule has 0 amide bonds. The summed E-state index contributed by atoms with van der Waals surface area (Å²) in [6, 6.07) is 39.5. The Morgan fingerprint density at radius 3 is 0.662 bits per heavy atom. The third kappa shape index (κ3) is 12.3. The number of para-hydroxylation sites is 4. The van der Waals surface area contributed by atoms with Gasteiger partial charge >= 0.3 is 0 Å². The molecule has 2 fully saturated rings. The smallest absolute Gasteiger partial charge is 0.0996 e. The van der Waals surface area contributed by atoms with Gasteiger partial charge in [0.25, 0.3) is 0 Å². The van der Waals surface area contributed by atoms with Crippen LogP contribution in [0.15, 0.2) is 171 Å². The Balaban J connectivity index is 0.000000136. The topological polar surface area (TPSA) is 129 Å². The van der Waals surface area contributed by atoms with E-state index < -0.39 is 0 Å². The number of aromatic nitrogens is 10. The molecule has 0 unspecified atom stereocenters. The first-order chi connectivity index (χ1) is 37.9. The minimum atomic E-state index is 0. The van der Waals surface area contributed by atoms with Crippen LogP contribution in [0.4, 0.5) is 0 Å². The fourth-order valence-electron chi connectivity index (χ4n) is 9.85. The fraction of sp³-hybridized carbons (Fsp3) is 0.147. The van der Waals surface area contributed by atoms with Gasteiger partial charge in [0.05, 0.1) is 66.2 Å². The number of fused-ring (bicyclic) bond motifs is 14. The second kappa shape index (κ2) is 26.6. The molecule has 12 radical (unpaired) electrons. The van der Waals surface area contributed by atoms with Gasteiger partial charge in [0, 0.05) is 111 Å². The average molecular weight is 1400 g/mol. The van der Waals surface area contributed by atoms with Crippen LogP contribution in [0.3, 0.4) is 0 Å². The Hall–Kier alpha value is -6.94. The Morgan fingerprint density at radius 2 is 0.450 bits per heavy atom. The van der Waals surface area contributed by atoms with Gasteiger partial charge in [0.2, 0.25) is 0 Å². The first-order valence-corrected chi connectivity index (χ1v) is 26.1. The summed E-state index contributed by atoms with van der Waals surface area (Å²) in [6.07, 6.45) is 18.4. The number of benzene rings is 4. The summed E-state index contributed by atoms with van der Waals surface area (Å²) in [6.45, 7) is 22.0. The second-order valence-corrected chi connectivity index (χ2v) is 19.6. The standard InChI is InChI=1S/2C18H10N4.C12H10N2.2C10H15.2Ir/c2*1-2-8-14-13(7-1)21-17-11-5-3-9-19-15(11)16-12(18(17)22-14)6-4-10-20-16;1(11-3-7-13-8-4-11)2-12-5-9-14-10-6-12;2*1-6-7(2)9(4)10(5)8(6)3;;/h2*1-10H;1-10H;2*1-5H3;;/b;;2-1+;;;;. The number of nitrogens with zero attached hydrogens (tertiary/aromatic N) is 10. The van der Waals surface area contributed by atoms with Gasteiger partial charge in [-0.3, -0.25) is 29.9 Å². The molecule has 2 saturated carbocycles. The third-order valence-electron chi connectivity index (χ3n) is 15.3. The van der Waals surface area contributed by atoms with Gasteiger partial charge in [0.15, 0.2) is 0 Å². The molecule has 0 saturated heterocycles. The van der Waals surface area contributed by atoms with E-state index in [2.05, 4.69) is 111 Å². The summed E-state index contributed by atoms with van der Waals surface area (Å²) in [5, 5.41) is 3.95. The van der Waals surface area contributed by atoms with Crippen LogP contribution in [-0.4, -0.2) is 49.8 Å². The van der Waals surface area contributed by atoms with Crippen LogP contribution in [0.5, 0.6) is 0 Å². The van der Waals surface area contributed by atoms with Gasteiger partial charge < -0.3 is 0 Å². The zero-order chi connectivity index (χ0) is 54.5. The molecule has 10 nitrogen and oxygen atoms in total. The zero-order valence-electron chi connectivity index (χ0n) is 46.5. The molecule has 2 aliphatic carbocycles. The summed E-state index contributed by atoms with van der Waals surface area (Å²) in [5.74, 6) is 14.7. The van der Waals surface area contributed by atoms with E-state index in [0.717, 1.165) is 98.9 Å². The minimum absolute atomic E-state index is 0. The van der Waals surface area contributed by atoms with Crippen molar-refractivity contribution in [3.63, 3.8) is 0 Å². The van der Waals surface area contributed by atoms with Crippen molar-refractivity contribution in [1.29, 1.82) is 0 Å². The molecule has 80 heavy (non-hydrogen) atoms. The van der Waals surface area contributed by atoms with Crippen molar-refractivity contribution in [1.82, 2.24) is 49.8 Å². The summed E-state index contributed by atoms with van der Waals surface area (Å²) >= 11 is 0. The Kier molecular flexibility index (Phi) is 19.6. The molecule has 4 aromatic carbocycles. The molecular weight excluding hydrogens is 1340 g/mol. The van der Waals surface area contributed by atoms with Crippen LogP contribution in [0.2, 0.25) is 0 Å². The zero-order valence-corrected chi connectivity index (χ0v) is 51.2. The molecule has 400 valence electrons. The van der Waals surface area contributed by atoms with Crippen molar-refractivity contribution in [2.75, 3.05) is 0 Å². The van der Waals surface area contributed by atoms with E-state index in [9.17, 15) is 0 Å². The minimum Gasteiger partial charge on any atom is -0.265 e. The third-order valence-corrected chi connectivity index (χ3v) is 15.3. The quantitative estimate of drug-likeness (QED) is 0.122. The largest absolute Gasteiger partial charge is 0.265 e. The van der Waals surface area contributed by atoms with Crippen molar-refractivity contribution in [2.45, 2.75) is 69.2 Å². The first-order valence-electron chi connectivity index (χ1n) is 26.1. The van der Waals surface area contributed by atoms with Crippen molar-refractivity contribution in [2.24, 2.45) is 0 Å². The normalized spacial score (nSPS) is 15.4. The molecule has 0 bridgehead atoms. The maximum Gasteiger partial charge on any atom is 0.0996 e. The van der Waals surface area contributed by atoms with Gasteiger partial charge in [-0.15, -0.1) is 0 Å². The Labute approximate surface area is 497 Å². The molecule has 8 aromatic heterocycles. The van der Waals surface area contributed by atoms with E-state index >= 15 is 0 Å². The summed E-state index contributed by atoms with van der Waals surface area (Å²) < 4.78 is 0. The molecule has 0 spiro atoms. The number of pyridine rings is 6. The van der Waals surface area contributed by atoms with E-state index in [1.165, 1.54) is 59.2 Å². The van der Waals surface area contributed by atoms with Crippen LogP contribution in [0.1, 0.15) is 80.4 Å². The Bertz CT molecular complexity index is 3510. The van der Waals surface area contributed by atoms with Gasteiger partial charge in [-0.05, 0) is 167 Å². The van der Waals surface area contributed by atoms with Crippen molar-refractivity contribution >= 4 is 99.9 Å². The molecule has 0 N–H and O–H groups in total. The van der Waals surface area contributed by atoms with E-state index in [4.69, 9.17) is 19.9 Å². The van der Waals surface area contributed by atoms with Crippen molar-refractivity contribution < 1.29 is 40.2 Å². The number of hydrogen-bond acceptors (Lipinski definition) is 10. The van der Waals surface area contributed by atoms with Gasteiger partial charge in [-0.25, -0.2) is 19.9 Å². The van der Waals surface area contributed by atoms with Crippen LogP contribution < -0.4 is 0 Å². The van der Waals surface area contributed by atoms with Crippen LogP contribution in [0, 0.1) is 59.2 Å². The maximum absolute atomic E-state index is 4.83. The van der Waals surface area contributed by atoms with Crippen LogP contribution >= 0.6 is 0 Å². The monoisotopic (exact) mass is 1400 g/mol. The molecule has 12 heteroatoms. The van der Waals surface area contributed by atoms with Crippen LogP contribution in [-0.2, 0) is 40.2 Å². The molecule has 12 aromatic rings. The first kappa shape index (κ1) is 59.2. The molecule has 14 rings (SSSR count). The Morgan fingerprint density at radius 1 is 0.237 bits per heavy atom. The molecular formula is C68H60Ir2N10. The van der Waals surface area contributed by atoms with Crippen molar-refractivity contribution in [3.8, 4) is 0 Å². The molecule has 0 aliphatic heterocycles. The van der Waals surface area contributed by atoms with Crippen LogP contribution in [0.25, 0.3) is 99.9 Å². The van der Waals surface area contributed by atoms with E-state index in [-0.39, 0.29) is 40.2 Å². The number of rotatable bonds is 2. The predicted molar refractivity (Wildman–Crippen MR) is 322 cm³/mol. The second-order valence-electron chi connectivity index (χ2n) is 19.6. The maximum atomic E-state index is 4.83. The van der Waals surface area contributed by atoms with E-state index in [1.807, 2.05) is 121 Å². The summed E-state index contributed by atoms with van der Waals surface area (Å²) in [4.78, 5) is 45.3. The van der Waals surface area contributed by atoms with E-state index in [1.54, 1.807) is 49.6 Å². The fourth-order valence-corrected chi connectivity index (χ4v) is 9.85. The molecule has 2 aliphatic rings. The summed E-state index contributed by atoms with van der Waals surface area (Å²) in [5.41, 5.74) is 12.9. The SMILES string of the molecule is C(=C\c1ccncc1)/c1ccncc1.C[C]1[C](C)[C](C)[C](C)[C]1C.C[C]1[C](C)[C](C)[C](C)[C]1C.[Ir].[Ir].c1ccc2nc3c4cccnc4c4ncccc4c3nc2c1.c1ccc2nc3c4cccnc4c4ncccc4c3nc2c1. The predicted octanol–water partition coefficient (Wildman–Crippen LogP) is 16.3. The molecule has 0 atom stereocenters. The number of hydrogen-bond donors (Lipinski definition) is 0.